The fraction of sp³-hybridized carbons (Fsp3) is 0.0769. The average Bonchev–Trinajstić information content (AvgIpc) is 3.18. The molecule has 1 N–H and O–H groups in total. The molecule has 0 bridgehead atoms. The van der Waals surface area contributed by atoms with Crippen LogP contribution < -0.4 is 0 Å². The van der Waals surface area contributed by atoms with Crippen molar-refractivity contribution in [1.82, 2.24) is 40.4 Å². The molecule has 0 fully saturated rings. The van der Waals surface area contributed by atoms with Gasteiger partial charge < -0.3 is 0 Å². The molecule has 0 aliphatic carbocycles. The van der Waals surface area contributed by atoms with Crippen LogP contribution in [0.2, 0.25) is 5.02 Å². The van der Waals surface area contributed by atoms with E-state index in [2.05, 4.69) is 35.7 Å². The van der Waals surface area contributed by atoms with Gasteiger partial charge in [0.2, 0.25) is 5.82 Å². The van der Waals surface area contributed by atoms with Gasteiger partial charge in [0, 0.05) is 18.0 Å². The molecular weight excluding hydrogens is 304 g/mol. The van der Waals surface area contributed by atoms with Crippen molar-refractivity contribution < 1.29 is 0 Å². The van der Waals surface area contributed by atoms with Crippen molar-refractivity contribution in [2.24, 2.45) is 7.05 Å². The maximum absolute atomic E-state index is 6.35. The molecule has 0 amide bonds. The Bertz CT molecular complexity index is 960. The highest BCUT2D eigenvalue weighted by Crippen LogP contribution is 2.30. The second-order valence-electron chi connectivity index (χ2n) is 4.69. The largest absolute Gasteiger partial charge is 0.266 e. The molecule has 4 rings (SSSR count). The summed E-state index contributed by atoms with van der Waals surface area (Å²) in [6.45, 7) is 0. The smallest absolute Gasteiger partial charge is 0.223 e. The lowest BCUT2D eigenvalue weighted by atomic mass is 10.1. The van der Waals surface area contributed by atoms with Crippen molar-refractivity contribution in [2.75, 3.05) is 0 Å². The van der Waals surface area contributed by atoms with Crippen LogP contribution in [-0.2, 0) is 7.05 Å². The van der Waals surface area contributed by atoms with Crippen LogP contribution in [0.5, 0.6) is 0 Å². The zero-order chi connectivity index (χ0) is 15.1. The summed E-state index contributed by atoms with van der Waals surface area (Å²) in [6, 6.07) is 5.63. The predicted molar refractivity (Wildman–Crippen MR) is 79.9 cm³/mol. The molecule has 0 saturated heterocycles. The molecule has 0 spiro atoms. The maximum Gasteiger partial charge on any atom is 0.223 e. The van der Waals surface area contributed by atoms with Crippen LogP contribution in [0.1, 0.15) is 0 Å². The van der Waals surface area contributed by atoms with Gasteiger partial charge in [0.25, 0.3) is 0 Å². The summed E-state index contributed by atoms with van der Waals surface area (Å²) in [5.74, 6) is 0.414. The van der Waals surface area contributed by atoms with Crippen LogP contribution in [0.4, 0.5) is 0 Å². The van der Waals surface area contributed by atoms with Crippen LogP contribution in [0.15, 0.2) is 30.7 Å². The lowest BCUT2D eigenvalue weighted by Crippen LogP contribution is -1.92. The topological polar surface area (TPSA) is 98.1 Å². The van der Waals surface area contributed by atoms with Crippen LogP contribution in [0.3, 0.4) is 0 Å². The highest BCUT2D eigenvalue weighted by atomic mass is 35.5. The van der Waals surface area contributed by atoms with Gasteiger partial charge in [-0.1, -0.05) is 11.6 Å². The van der Waals surface area contributed by atoms with Gasteiger partial charge >= 0.3 is 0 Å². The summed E-state index contributed by atoms with van der Waals surface area (Å²) in [4.78, 5) is 8.44. The zero-order valence-corrected chi connectivity index (χ0v) is 12.2. The van der Waals surface area contributed by atoms with Crippen molar-refractivity contribution in [3.8, 4) is 22.8 Å². The minimum atomic E-state index is 0.414. The molecule has 0 atom stereocenters. The van der Waals surface area contributed by atoms with Crippen molar-refractivity contribution >= 4 is 22.5 Å². The van der Waals surface area contributed by atoms with E-state index in [1.54, 1.807) is 16.9 Å². The third-order valence-electron chi connectivity index (χ3n) is 3.32. The van der Waals surface area contributed by atoms with E-state index >= 15 is 0 Å². The van der Waals surface area contributed by atoms with Crippen molar-refractivity contribution in [3.63, 3.8) is 0 Å². The number of fused-ring (bicyclic) bond motifs is 1. The van der Waals surface area contributed by atoms with Crippen molar-refractivity contribution in [1.29, 1.82) is 0 Å². The van der Waals surface area contributed by atoms with E-state index in [9.17, 15) is 0 Å². The Labute approximate surface area is 129 Å². The number of hydrogen-bond donors (Lipinski definition) is 1. The van der Waals surface area contributed by atoms with Crippen molar-refractivity contribution in [3.05, 3.63) is 35.7 Å². The number of H-pyrrole nitrogens is 1. The number of hydrogen-bond acceptors (Lipinski definition) is 6. The lowest BCUT2D eigenvalue weighted by Gasteiger charge is -2.04. The number of halogens is 1. The Balaban J connectivity index is 1.87. The Morgan fingerprint density at radius 1 is 1.14 bits per heavy atom. The van der Waals surface area contributed by atoms with Gasteiger partial charge in [-0.2, -0.15) is 10.3 Å². The summed E-state index contributed by atoms with van der Waals surface area (Å²) >= 11 is 6.35. The van der Waals surface area contributed by atoms with Gasteiger partial charge in [0.1, 0.15) is 12.0 Å². The maximum atomic E-state index is 6.35. The van der Waals surface area contributed by atoms with Crippen LogP contribution in [-0.4, -0.2) is 40.4 Å². The second-order valence-corrected chi connectivity index (χ2v) is 5.10. The average molecular weight is 313 g/mol. The van der Waals surface area contributed by atoms with E-state index in [0.717, 1.165) is 22.2 Å². The van der Waals surface area contributed by atoms with E-state index in [1.807, 2.05) is 19.2 Å². The highest BCUT2D eigenvalue weighted by Gasteiger charge is 2.11. The Kier molecular flexibility index (Phi) is 2.83. The molecule has 1 aromatic carbocycles. The molecule has 0 saturated carbocycles. The number of rotatable bonds is 2. The first kappa shape index (κ1) is 12.8. The molecule has 108 valence electrons. The third kappa shape index (κ3) is 2.01. The number of tetrazole rings is 1. The quantitative estimate of drug-likeness (QED) is 0.606. The minimum Gasteiger partial charge on any atom is -0.266 e. The summed E-state index contributed by atoms with van der Waals surface area (Å²) < 4.78 is 1.74. The van der Waals surface area contributed by atoms with Gasteiger partial charge in [-0.25, -0.2) is 9.97 Å². The van der Waals surface area contributed by atoms with E-state index in [0.29, 0.717) is 16.5 Å². The van der Waals surface area contributed by atoms with Crippen LogP contribution in [0.25, 0.3) is 33.7 Å². The summed E-state index contributed by atoms with van der Waals surface area (Å²) in [5.41, 5.74) is 3.07. The molecule has 4 aromatic rings. The lowest BCUT2D eigenvalue weighted by molar-refractivity contribution is 0.797. The Morgan fingerprint density at radius 2 is 2.00 bits per heavy atom. The fourth-order valence-electron chi connectivity index (χ4n) is 2.32. The van der Waals surface area contributed by atoms with E-state index in [1.165, 1.54) is 6.33 Å². The highest BCUT2D eigenvalue weighted by molar-refractivity contribution is 6.35. The third-order valence-corrected chi connectivity index (χ3v) is 3.61. The first-order valence-corrected chi connectivity index (χ1v) is 6.77. The zero-order valence-electron chi connectivity index (χ0n) is 11.4. The molecule has 8 nitrogen and oxygen atoms in total. The normalized spacial score (nSPS) is 11.2. The van der Waals surface area contributed by atoms with Gasteiger partial charge in [0.05, 0.1) is 22.4 Å². The molecule has 3 heterocycles. The summed E-state index contributed by atoms with van der Waals surface area (Å²) in [6.07, 6.45) is 3.23. The molecule has 0 unspecified atom stereocenters. The number of aryl methyl sites for hydroxylation is 1. The van der Waals surface area contributed by atoms with E-state index in [-0.39, 0.29) is 0 Å². The van der Waals surface area contributed by atoms with Gasteiger partial charge in [-0.15, -0.1) is 10.2 Å². The molecule has 0 aliphatic rings. The molecule has 0 radical (unpaired) electrons. The molecular formula is C13H9ClN8. The number of benzene rings is 1. The van der Waals surface area contributed by atoms with Gasteiger partial charge in [-0.3, -0.25) is 4.68 Å². The van der Waals surface area contributed by atoms with E-state index < -0.39 is 0 Å². The van der Waals surface area contributed by atoms with Gasteiger partial charge in [0.15, 0.2) is 0 Å². The molecule has 0 aliphatic heterocycles. The SMILES string of the molecule is Cn1ncc2cc(-c3cc(-c4nn[nH]n4)ncn3)cc(Cl)c21. The fourth-order valence-corrected chi connectivity index (χ4v) is 2.67. The van der Waals surface area contributed by atoms with Gasteiger partial charge in [-0.05, 0) is 23.4 Å². The summed E-state index contributed by atoms with van der Waals surface area (Å²) in [5, 5.41) is 19.5. The minimum absolute atomic E-state index is 0.414. The number of nitrogens with one attached hydrogen (secondary N) is 1. The number of aromatic nitrogens is 8. The Hall–Kier alpha value is -2.87. The van der Waals surface area contributed by atoms with E-state index in [4.69, 9.17) is 11.6 Å². The van der Waals surface area contributed by atoms with Crippen molar-refractivity contribution in [2.45, 2.75) is 0 Å². The van der Waals surface area contributed by atoms with Crippen LogP contribution >= 0.6 is 11.6 Å². The molecule has 3 aromatic heterocycles. The first-order chi connectivity index (χ1) is 10.7. The monoisotopic (exact) mass is 312 g/mol. The Morgan fingerprint density at radius 3 is 2.82 bits per heavy atom. The summed E-state index contributed by atoms with van der Waals surface area (Å²) in [7, 11) is 1.85. The standard InChI is InChI=1S/C13H9ClN8/c1-22-12-8(5-17-22)2-7(3-9(12)14)10-4-11(16-6-15-10)13-18-20-21-19-13/h2-6H,1H3,(H,18,19,20,21). The first-order valence-electron chi connectivity index (χ1n) is 6.40. The van der Waals surface area contributed by atoms with Crippen LogP contribution in [0, 0.1) is 0 Å². The number of aromatic amines is 1. The predicted octanol–water partition coefficient (Wildman–Crippen LogP) is 1.86. The second kappa shape index (κ2) is 4.85. The molecule has 22 heavy (non-hydrogen) atoms. The number of nitrogens with zero attached hydrogens (tertiary/aromatic N) is 7. The molecule has 9 heteroatoms.